The number of carbonyl (C=O) groups is 1. The molecule has 0 amide bonds. The molecule has 0 fully saturated rings. The van der Waals surface area contributed by atoms with E-state index in [-0.39, 0.29) is 0 Å². The van der Waals surface area contributed by atoms with E-state index < -0.39 is 11.6 Å². The molecule has 0 saturated heterocycles. The molecule has 0 spiro atoms. The van der Waals surface area contributed by atoms with E-state index >= 15 is 0 Å². The zero-order chi connectivity index (χ0) is 18.3. The molecule has 0 aliphatic heterocycles. The van der Waals surface area contributed by atoms with Crippen LogP contribution in [0.15, 0.2) is 57.7 Å². The Balaban J connectivity index is 1.89. The average molecular weight is 347 g/mol. The lowest BCUT2D eigenvalue weighted by molar-refractivity contribution is -0.131. The highest BCUT2D eigenvalue weighted by Crippen LogP contribution is 2.31. The molecule has 2 aromatic carbocycles. The third-order valence-electron chi connectivity index (χ3n) is 4.45. The number of para-hydroxylation sites is 1. The highest BCUT2D eigenvalue weighted by molar-refractivity contribution is 5.86. The number of H-pyrrole nitrogens is 1. The highest BCUT2D eigenvalue weighted by Gasteiger charge is 2.15. The van der Waals surface area contributed by atoms with E-state index in [0.717, 1.165) is 27.7 Å². The maximum absolute atomic E-state index is 11.5. The fraction of sp³-hybridized carbons (Fsp3) is 0.143. The molecular weight excluding hydrogens is 330 g/mol. The van der Waals surface area contributed by atoms with Crippen LogP contribution in [0.25, 0.3) is 21.9 Å². The van der Waals surface area contributed by atoms with Crippen molar-refractivity contribution in [1.29, 1.82) is 0 Å². The number of esters is 1. The zero-order valence-corrected chi connectivity index (χ0v) is 14.5. The van der Waals surface area contributed by atoms with Crippen molar-refractivity contribution in [3.63, 3.8) is 0 Å². The van der Waals surface area contributed by atoms with Gasteiger partial charge in [-0.05, 0) is 36.8 Å². The molecule has 130 valence electrons. The number of aromatic nitrogens is 1. The van der Waals surface area contributed by atoms with E-state index in [2.05, 4.69) is 11.1 Å². The Morgan fingerprint density at radius 3 is 2.77 bits per heavy atom. The summed E-state index contributed by atoms with van der Waals surface area (Å²) >= 11 is 0. The van der Waals surface area contributed by atoms with Gasteiger partial charge in [0.05, 0.1) is 0 Å². The molecule has 0 aliphatic carbocycles. The molecule has 5 nitrogen and oxygen atoms in total. The van der Waals surface area contributed by atoms with Crippen molar-refractivity contribution in [3.8, 4) is 5.75 Å². The molecule has 0 aliphatic rings. The van der Waals surface area contributed by atoms with Crippen LogP contribution in [0.1, 0.15) is 23.7 Å². The van der Waals surface area contributed by atoms with Crippen LogP contribution in [-0.4, -0.2) is 11.0 Å². The second-order valence-electron chi connectivity index (χ2n) is 6.30. The first kappa shape index (κ1) is 16.1. The van der Waals surface area contributed by atoms with Gasteiger partial charge in [0.25, 0.3) is 0 Å². The third kappa shape index (κ3) is 2.88. The minimum absolute atomic E-state index is 0.390. The lowest BCUT2D eigenvalue weighted by Gasteiger charge is -2.11. The predicted molar refractivity (Wildman–Crippen MR) is 99.6 cm³/mol. The number of hydrogen-bond acceptors (Lipinski definition) is 4. The Labute approximate surface area is 149 Å². The summed E-state index contributed by atoms with van der Waals surface area (Å²) in [7, 11) is 0. The standard InChI is InChI=1S/C21H17NO4/c1-12-17(16-5-3-4-6-18(16)22-12)9-15-11-19-14(7-8-21(24)26-19)10-20(15)25-13(2)23/h3-8,10-11,22H,9H2,1-2H3. The maximum Gasteiger partial charge on any atom is 0.336 e. The molecule has 5 heteroatoms. The topological polar surface area (TPSA) is 72.3 Å². The fourth-order valence-electron chi connectivity index (χ4n) is 3.28. The number of nitrogens with one attached hydrogen (secondary N) is 1. The summed E-state index contributed by atoms with van der Waals surface area (Å²) in [5.74, 6) is 0.0853. The fourth-order valence-corrected chi connectivity index (χ4v) is 3.28. The summed E-state index contributed by atoms with van der Waals surface area (Å²) in [6.07, 6.45) is 0.549. The molecule has 2 heterocycles. The molecule has 0 unspecified atom stereocenters. The highest BCUT2D eigenvalue weighted by atomic mass is 16.5. The molecule has 0 saturated carbocycles. The number of rotatable bonds is 3. The van der Waals surface area contributed by atoms with Crippen molar-refractivity contribution in [2.75, 3.05) is 0 Å². The summed E-state index contributed by atoms with van der Waals surface area (Å²) in [6, 6.07) is 14.6. The normalized spacial score (nSPS) is 11.2. The molecule has 2 aromatic heterocycles. The van der Waals surface area contributed by atoms with E-state index in [0.29, 0.717) is 23.1 Å². The van der Waals surface area contributed by atoms with E-state index in [1.54, 1.807) is 18.2 Å². The van der Waals surface area contributed by atoms with Crippen LogP contribution in [-0.2, 0) is 11.2 Å². The second kappa shape index (κ2) is 6.19. The lowest BCUT2D eigenvalue weighted by atomic mass is 10.00. The van der Waals surface area contributed by atoms with Crippen LogP contribution in [0.4, 0.5) is 0 Å². The number of carbonyl (C=O) groups excluding carboxylic acids is 1. The minimum Gasteiger partial charge on any atom is -0.426 e. The van der Waals surface area contributed by atoms with Crippen molar-refractivity contribution in [2.45, 2.75) is 20.3 Å². The van der Waals surface area contributed by atoms with E-state index in [1.807, 2.05) is 25.1 Å². The SMILES string of the molecule is CC(=O)Oc1cc2ccc(=O)oc2cc1Cc1c(C)[nH]c2ccccc12. The molecule has 0 radical (unpaired) electrons. The van der Waals surface area contributed by atoms with Crippen molar-refractivity contribution in [2.24, 2.45) is 0 Å². The number of fused-ring (bicyclic) bond motifs is 2. The number of hydrogen-bond donors (Lipinski definition) is 1. The van der Waals surface area contributed by atoms with Gasteiger partial charge < -0.3 is 14.1 Å². The van der Waals surface area contributed by atoms with Crippen molar-refractivity contribution >= 4 is 27.8 Å². The first-order valence-corrected chi connectivity index (χ1v) is 8.32. The molecular formula is C21H17NO4. The van der Waals surface area contributed by atoms with E-state index in [9.17, 15) is 9.59 Å². The van der Waals surface area contributed by atoms with E-state index in [4.69, 9.17) is 9.15 Å². The Bertz CT molecular complexity index is 1200. The number of ether oxygens (including phenoxy) is 1. The maximum atomic E-state index is 11.5. The van der Waals surface area contributed by atoms with Crippen LogP contribution < -0.4 is 10.4 Å². The zero-order valence-electron chi connectivity index (χ0n) is 14.5. The first-order valence-electron chi connectivity index (χ1n) is 8.32. The number of aromatic amines is 1. The molecule has 0 bridgehead atoms. The largest absolute Gasteiger partial charge is 0.426 e. The predicted octanol–water partition coefficient (Wildman–Crippen LogP) is 4.10. The minimum atomic E-state index is -0.410. The molecule has 4 aromatic rings. The summed E-state index contributed by atoms with van der Waals surface area (Å²) in [5.41, 5.74) is 4.07. The molecule has 4 rings (SSSR count). The Morgan fingerprint density at radius 1 is 1.15 bits per heavy atom. The number of aryl methyl sites for hydroxylation is 1. The summed E-state index contributed by atoms with van der Waals surface area (Å²) in [6.45, 7) is 3.39. The summed E-state index contributed by atoms with van der Waals surface area (Å²) < 4.78 is 10.7. The molecule has 0 atom stereocenters. The van der Waals surface area contributed by atoms with Gasteiger partial charge in [-0.15, -0.1) is 0 Å². The van der Waals surface area contributed by atoms with Crippen LogP contribution in [0, 0.1) is 6.92 Å². The van der Waals surface area contributed by atoms with Gasteiger partial charge in [-0.2, -0.15) is 0 Å². The quantitative estimate of drug-likeness (QED) is 0.344. The Morgan fingerprint density at radius 2 is 1.96 bits per heavy atom. The van der Waals surface area contributed by atoms with Crippen LogP contribution >= 0.6 is 0 Å². The van der Waals surface area contributed by atoms with Gasteiger partial charge in [0.15, 0.2) is 0 Å². The van der Waals surface area contributed by atoms with Gasteiger partial charge in [-0.1, -0.05) is 18.2 Å². The summed E-state index contributed by atoms with van der Waals surface area (Å²) in [4.78, 5) is 26.5. The van der Waals surface area contributed by atoms with Crippen molar-refractivity contribution in [1.82, 2.24) is 4.98 Å². The summed E-state index contributed by atoms with van der Waals surface area (Å²) in [5, 5.41) is 1.83. The Hall–Kier alpha value is -3.34. The first-order chi connectivity index (χ1) is 12.5. The van der Waals surface area contributed by atoms with Gasteiger partial charge in [-0.3, -0.25) is 4.79 Å². The van der Waals surface area contributed by atoms with Crippen LogP contribution in [0.2, 0.25) is 0 Å². The number of benzene rings is 2. The smallest absolute Gasteiger partial charge is 0.336 e. The van der Waals surface area contributed by atoms with Crippen molar-refractivity contribution < 1.29 is 13.9 Å². The van der Waals surface area contributed by atoms with Gasteiger partial charge in [0.2, 0.25) is 0 Å². The second-order valence-corrected chi connectivity index (χ2v) is 6.30. The van der Waals surface area contributed by atoms with Crippen LogP contribution in [0.3, 0.4) is 0 Å². The van der Waals surface area contributed by atoms with Gasteiger partial charge >= 0.3 is 11.6 Å². The average Bonchev–Trinajstić information content (AvgIpc) is 2.91. The molecule has 1 N–H and O–H groups in total. The van der Waals surface area contributed by atoms with Gasteiger partial charge in [0.1, 0.15) is 11.3 Å². The van der Waals surface area contributed by atoms with Gasteiger partial charge in [-0.25, -0.2) is 4.79 Å². The monoisotopic (exact) mass is 347 g/mol. The van der Waals surface area contributed by atoms with Gasteiger partial charge in [0, 0.05) is 47.0 Å². The third-order valence-corrected chi connectivity index (χ3v) is 4.45. The molecule has 26 heavy (non-hydrogen) atoms. The Kier molecular flexibility index (Phi) is 3.84. The van der Waals surface area contributed by atoms with Crippen LogP contribution in [0.5, 0.6) is 5.75 Å². The van der Waals surface area contributed by atoms with Crippen molar-refractivity contribution in [3.05, 3.63) is 75.8 Å². The lowest BCUT2D eigenvalue weighted by Crippen LogP contribution is -2.05. The van der Waals surface area contributed by atoms with E-state index in [1.165, 1.54) is 13.0 Å².